The van der Waals surface area contributed by atoms with Crippen LogP contribution in [0.1, 0.15) is 36.2 Å². The van der Waals surface area contributed by atoms with Gasteiger partial charge in [0, 0.05) is 40.8 Å². The highest BCUT2D eigenvalue weighted by atomic mass is 32.2. The van der Waals surface area contributed by atoms with Crippen LogP contribution in [-0.2, 0) is 20.0 Å². The van der Waals surface area contributed by atoms with Crippen LogP contribution in [0, 0.1) is 24.6 Å². The Labute approximate surface area is 214 Å². The standard InChI is InChI=1S/C28H23FN4O3S/c1-16-11-19(37(4,35)36)6-8-23(16)32-26-13-20-18(15-31-26)9-10-30-24(20)7-5-17-12-25-21(14-22(17)29)28(2,3)27(34)33-25/h6,8-15H,1-4H3,(H,31,32)(H,33,34). The number of halogens is 1. The van der Waals surface area contributed by atoms with Gasteiger partial charge in [-0.2, -0.15) is 0 Å². The quantitative estimate of drug-likeness (QED) is 0.379. The zero-order valence-electron chi connectivity index (χ0n) is 20.6. The molecule has 0 saturated heterocycles. The molecule has 0 bridgehead atoms. The molecule has 2 aromatic heterocycles. The number of hydrogen-bond acceptors (Lipinski definition) is 6. The zero-order valence-corrected chi connectivity index (χ0v) is 21.4. The third kappa shape index (κ3) is 4.52. The maximum Gasteiger partial charge on any atom is 0.234 e. The molecule has 186 valence electrons. The molecule has 0 spiro atoms. The highest BCUT2D eigenvalue weighted by Crippen LogP contribution is 2.38. The van der Waals surface area contributed by atoms with E-state index in [1.165, 1.54) is 12.3 Å². The molecule has 0 saturated carbocycles. The Kier molecular flexibility index (Phi) is 5.72. The third-order valence-corrected chi connectivity index (χ3v) is 7.56. The minimum atomic E-state index is -3.31. The number of sulfone groups is 1. The van der Waals surface area contributed by atoms with Gasteiger partial charge < -0.3 is 10.6 Å². The van der Waals surface area contributed by atoms with E-state index in [-0.39, 0.29) is 16.4 Å². The number of hydrogen-bond donors (Lipinski definition) is 2. The van der Waals surface area contributed by atoms with Crippen molar-refractivity contribution in [1.29, 1.82) is 0 Å². The number of nitrogens with one attached hydrogen (secondary N) is 2. The van der Waals surface area contributed by atoms with Gasteiger partial charge in [-0.3, -0.25) is 4.79 Å². The summed E-state index contributed by atoms with van der Waals surface area (Å²) in [4.78, 5) is 21.3. The van der Waals surface area contributed by atoms with Crippen LogP contribution >= 0.6 is 0 Å². The van der Waals surface area contributed by atoms with Gasteiger partial charge in [0.1, 0.15) is 17.3 Å². The van der Waals surface area contributed by atoms with E-state index in [0.29, 0.717) is 33.8 Å². The molecule has 1 aliphatic rings. The molecule has 1 amide bonds. The Morgan fingerprint density at radius 3 is 2.57 bits per heavy atom. The summed E-state index contributed by atoms with van der Waals surface area (Å²) in [5.74, 6) is 5.64. The van der Waals surface area contributed by atoms with Gasteiger partial charge in [-0.05, 0) is 80.3 Å². The van der Waals surface area contributed by atoms with Gasteiger partial charge in [-0.15, -0.1) is 0 Å². The highest BCUT2D eigenvalue weighted by molar-refractivity contribution is 7.90. The van der Waals surface area contributed by atoms with E-state index < -0.39 is 21.1 Å². The maximum atomic E-state index is 14.9. The molecule has 0 fully saturated rings. The predicted octanol–water partition coefficient (Wildman–Crippen LogP) is 4.85. The number of aromatic nitrogens is 2. The van der Waals surface area contributed by atoms with E-state index in [9.17, 15) is 17.6 Å². The topological polar surface area (TPSA) is 101 Å². The van der Waals surface area contributed by atoms with Crippen LogP contribution in [0.5, 0.6) is 0 Å². The van der Waals surface area contributed by atoms with Crippen molar-refractivity contribution < 1.29 is 17.6 Å². The fourth-order valence-corrected chi connectivity index (χ4v) is 4.90. The molecule has 5 rings (SSSR count). The lowest BCUT2D eigenvalue weighted by atomic mass is 9.86. The smallest absolute Gasteiger partial charge is 0.234 e. The second-order valence-electron chi connectivity index (χ2n) is 9.53. The van der Waals surface area contributed by atoms with Crippen LogP contribution < -0.4 is 10.6 Å². The number of anilines is 3. The fourth-order valence-electron chi connectivity index (χ4n) is 4.20. The van der Waals surface area contributed by atoms with Crippen LogP contribution in [0.4, 0.5) is 21.6 Å². The minimum absolute atomic E-state index is 0.157. The lowest BCUT2D eigenvalue weighted by Gasteiger charge is -2.14. The third-order valence-electron chi connectivity index (χ3n) is 6.45. The number of aryl methyl sites for hydroxylation is 1. The highest BCUT2D eigenvalue weighted by Gasteiger charge is 2.39. The summed E-state index contributed by atoms with van der Waals surface area (Å²) >= 11 is 0. The Bertz CT molecular complexity index is 1790. The number of fused-ring (bicyclic) bond motifs is 2. The van der Waals surface area contributed by atoms with Crippen molar-refractivity contribution in [3.63, 3.8) is 0 Å². The van der Waals surface area contributed by atoms with Crippen LogP contribution in [0.25, 0.3) is 10.8 Å². The number of benzene rings is 2. The van der Waals surface area contributed by atoms with Gasteiger partial charge in [-0.25, -0.2) is 22.8 Å². The normalized spacial score (nSPS) is 14.0. The van der Waals surface area contributed by atoms with Crippen molar-refractivity contribution in [3.05, 3.63) is 83.1 Å². The molecule has 9 heteroatoms. The molecule has 2 N–H and O–H groups in total. The molecule has 3 heterocycles. The number of carbonyl (C=O) groups excluding carboxylic acids is 1. The van der Waals surface area contributed by atoms with Crippen LogP contribution in [0.3, 0.4) is 0 Å². The largest absolute Gasteiger partial charge is 0.340 e. The van der Waals surface area contributed by atoms with Crippen molar-refractivity contribution in [1.82, 2.24) is 9.97 Å². The van der Waals surface area contributed by atoms with Gasteiger partial charge >= 0.3 is 0 Å². The van der Waals surface area contributed by atoms with Crippen molar-refractivity contribution in [2.45, 2.75) is 31.1 Å². The average Bonchev–Trinajstić information content (AvgIpc) is 3.05. The number of nitrogens with zero attached hydrogens (tertiary/aromatic N) is 2. The average molecular weight is 515 g/mol. The summed E-state index contributed by atoms with van der Waals surface area (Å²) in [6, 6.07) is 11.3. The van der Waals surface area contributed by atoms with Crippen molar-refractivity contribution in [2.24, 2.45) is 0 Å². The lowest BCUT2D eigenvalue weighted by molar-refractivity contribution is -0.119. The summed E-state index contributed by atoms with van der Waals surface area (Å²) < 4.78 is 38.5. The molecule has 0 unspecified atom stereocenters. The zero-order chi connectivity index (χ0) is 26.5. The molecule has 37 heavy (non-hydrogen) atoms. The maximum absolute atomic E-state index is 14.9. The molecule has 1 aliphatic heterocycles. The lowest BCUT2D eigenvalue weighted by Crippen LogP contribution is -2.26. The fraction of sp³-hybridized carbons (Fsp3) is 0.179. The van der Waals surface area contributed by atoms with E-state index in [0.717, 1.165) is 10.9 Å². The molecular formula is C28H23FN4O3S. The SMILES string of the molecule is Cc1cc(S(C)(=O)=O)ccc1Nc1cc2c(C#Cc3cc4c(cc3F)C(C)(C)C(=O)N4)nccc2cn1. The van der Waals surface area contributed by atoms with Crippen molar-refractivity contribution in [2.75, 3.05) is 16.9 Å². The Morgan fingerprint density at radius 2 is 1.84 bits per heavy atom. The molecule has 4 aromatic rings. The Hall–Kier alpha value is -4.29. The Morgan fingerprint density at radius 1 is 1.05 bits per heavy atom. The molecule has 7 nitrogen and oxygen atoms in total. The van der Waals surface area contributed by atoms with Crippen LogP contribution in [0.2, 0.25) is 0 Å². The van der Waals surface area contributed by atoms with Crippen LogP contribution in [0.15, 0.2) is 59.8 Å². The van der Waals surface area contributed by atoms with Gasteiger partial charge in [-0.1, -0.05) is 5.92 Å². The Balaban J connectivity index is 1.50. The van der Waals surface area contributed by atoms with E-state index in [1.807, 2.05) is 6.92 Å². The number of pyridine rings is 2. The molecule has 2 aromatic carbocycles. The van der Waals surface area contributed by atoms with E-state index >= 15 is 0 Å². The van der Waals surface area contributed by atoms with Crippen molar-refractivity contribution in [3.8, 4) is 11.8 Å². The first-order valence-electron chi connectivity index (χ1n) is 11.4. The summed E-state index contributed by atoms with van der Waals surface area (Å²) in [6.07, 6.45) is 4.45. The molecule has 0 atom stereocenters. The predicted molar refractivity (Wildman–Crippen MR) is 141 cm³/mol. The number of amides is 1. The first kappa shape index (κ1) is 24.4. The van der Waals surface area contributed by atoms with Gasteiger partial charge in [0.15, 0.2) is 9.84 Å². The summed E-state index contributed by atoms with van der Waals surface area (Å²) in [5, 5.41) is 7.52. The minimum Gasteiger partial charge on any atom is -0.340 e. The van der Waals surface area contributed by atoms with Gasteiger partial charge in [0.2, 0.25) is 5.91 Å². The number of carbonyl (C=O) groups is 1. The van der Waals surface area contributed by atoms with Gasteiger partial charge in [0.05, 0.1) is 15.9 Å². The first-order chi connectivity index (χ1) is 17.4. The summed E-state index contributed by atoms with van der Waals surface area (Å²) in [5.41, 5.74) is 2.41. The van der Waals surface area contributed by atoms with Gasteiger partial charge in [0.25, 0.3) is 0 Å². The second-order valence-corrected chi connectivity index (χ2v) is 11.5. The number of rotatable bonds is 3. The van der Waals surface area contributed by atoms with E-state index in [4.69, 9.17) is 0 Å². The van der Waals surface area contributed by atoms with Crippen molar-refractivity contribution >= 4 is 43.7 Å². The summed E-state index contributed by atoms with van der Waals surface area (Å²) in [7, 11) is -3.31. The molecular weight excluding hydrogens is 491 g/mol. The monoisotopic (exact) mass is 514 g/mol. The molecule has 0 radical (unpaired) electrons. The summed E-state index contributed by atoms with van der Waals surface area (Å²) in [6.45, 7) is 5.31. The van der Waals surface area contributed by atoms with E-state index in [2.05, 4.69) is 32.4 Å². The second kappa shape index (κ2) is 8.68. The van der Waals surface area contributed by atoms with Crippen LogP contribution in [-0.4, -0.2) is 30.5 Å². The first-order valence-corrected chi connectivity index (χ1v) is 13.3. The molecule has 0 aliphatic carbocycles. The van der Waals surface area contributed by atoms with E-state index in [1.54, 1.807) is 62.6 Å².